The third kappa shape index (κ3) is 2.94. The highest BCUT2D eigenvalue weighted by Gasteiger charge is 2.07. The van der Waals surface area contributed by atoms with Crippen LogP contribution in [0.5, 0.6) is 0 Å². The van der Waals surface area contributed by atoms with Gasteiger partial charge in [0.15, 0.2) is 0 Å². The highest BCUT2D eigenvalue weighted by atomic mass is 16.5. The standard InChI is InChI=1S/C15H14O3/c1-11(16)8-9-18-15(17)14-7-6-12-4-2-3-5-13(12)10-14/h2-7,10H,8-9H2,1H3. The van der Waals surface area contributed by atoms with E-state index < -0.39 is 0 Å². The van der Waals surface area contributed by atoms with E-state index >= 15 is 0 Å². The van der Waals surface area contributed by atoms with E-state index in [1.54, 1.807) is 12.1 Å². The molecule has 2 rings (SSSR count). The summed E-state index contributed by atoms with van der Waals surface area (Å²) in [4.78, 5) is 22.5. The molecule has 0 radical (unpaired) electrons. The molecular formula is C15H14O3. The van der Waals surface area contributed by atoms with Crippen molar-refractivity contribution in [3.8, 4) is 0 Å². The van der Waals surface area contributed by atoms with Crippen molar-refractivity contribution in [2.75, 3.05) is 6.61 Å². The van der Waals surface area contributed by atoms with Gasteiger partial charge in [0, 0.05) is 6.42 Å². The van der Waals surface area contributed by atoms with Crippen LogP contribution in [0.15, 0.2) is 42.5 Å². The molecule has 0 amide bonds. The van der Waals surface area contributed by atoms with Crippen LogP contribution in [0.2, 0.25) is 0 Å². The molecule has 2 aromatic carbocycles. The zero-order chi connectivity index (χ0) is 13.0. The van der Waals surface area contributed by atoms with Crippen LogP contribution in [0.25, 0.3) is 10.8 Å². The van der Waals surface area contributed by atoms with Gasteiger partial charge in [-0.25, -0.2) is 4.79 Å². The third-order valence-corrected chi connectivity index (χ3v) is 2.67. The average molecular weight is 242 g/mol. The summed E-state index contributed by atoms with van der Waals surface area (Å²) in [6.45, 7) is 1.62. The fourth-order valence-corrected chi connectivity index (χ4v) is 1.69. The van der Waals surface area contributed by atoms with Gasteiger partial charge in [0.2, 0.25) is 0 Å². The fourth-order valence-electron chi connectivity index (χ4n) is 1.69. The SMILES string of the molecule is CC(=O)CCOC(=O)c1ccc2ccccc2c1. The molecule has 0 atom stereocenters. The first kappa shape index (κ1) is 12.3. The van der Waals surface area contributed by atoms with E-state index in [2.05, 4.69) is 0 Å². The van der Waals surface area contributed by atoms with E-state index in [4.69, 9.17) is 4.74 Å². The number of ketones is 1. The topological polar surface area (TPSA) is 43.4 Å². The van der Waals surface area contributed by atoms with Crippen LogP contribution in [-0.2, 0) is 9.53 Å². The highest BCUT2D eigenvalue weighted by Crippen LogP contribution is 2.16. The molecule has 2 aromatic rings. The third-order valence-electron chi connectivity index (χ3n) is 2.67. The van der Waals surface area contributed by atoms with E-state index in [1.165, 1.54) is 6.92 Å². The molecule has 0 heterocycles. The van der Waals surface area contributed by atoms with Crippen molar-refractivity contribution in [3.05, 3.63) is 48.0 Å². The first-order chi connectivity index (χ1) is 8.66. The van der Waals surface area contributed by atoms with Crippen molar-refractivity contribution in [2.24, 2.45) is 0 Å². The van der Waals surface area contributed by atoms with Crippen LogP contribution >= 0.6 is 0 Å². The maximum absolute atomic E-state index is 11.7. The average Bonchev–Trinajstić information content (AvgIpc) is 2.37. The van der Waals surface area contributed by atoms with Gasteiger partial charge in [-0.15, -0.1) is 0 Å². The zero-order valence-electron chi connectivity index (χ0n) is 10.2. The first-order valence-electron chi connectivity index (χ1n) is 5.82. The molecule has 0 spiro atoms. The molecule has 0 saturated carbocycles. The van der Waals surface area contributed by atoms with Gasteiger partial charge < -0.3 is 4.74 Å². The van der Waals surface area contributed by atoms with E-state index in [0.717, 1.165) is 10.8 Å². The van der Waals surface area contributed by atoms with E-state index in [-0.39, 0.29) is 24.8 Å². The minimum atomic E-state index is -0.387. The number of benzene rings is 2. The molecule has 0 bridgehead atoms. The van der Waals surface area contributed by atoms with Crippen LogP contribution in [-0.4, -0.2) is 18.4 Å². The summed E-state index contributed by atoms with van der Waals surface area (Å²) in [5, 5.41) is 2.08. The lowest BCUT2D eigenvalue weighted by atomic mass is 10.1. The normalized spacial score (nSPS) is 10.3. The summed E-state index contributed by atoms with van der Waals surface area (Å²) in [6, 6.07) is 13.2. The maximum Gasteiger partial charge on any atom is 0.338 e. The minimum absolute atomic E-state index is 0.0151. The lowest BCUT2D eigenvalue weighted by Crippen LogP contribution is -2.08. The Kier molecular flexibility index (Phi) is 3.72. The number of ether oxygens (including phenoxy) is 1. The maximum atomic E-state index is 11.7. The van der Waals surface area contributed by atoms with E-state index in [1.807, 2.05) is 30.3 Å². The number of hydrogen-bond acceptors (Lipinski definition) is 3. The molecule has 0 aromatic heterocycles. The largest absolute Gasteiger partial charge is 0.462 e. The number of esters is 1. The second-order valence-corrected chi connectivity index (χ2v) is 4.15. The lowest BCUT2D eigenvalue weighted by Gasteiger charge is -2.04. The molecule has 0 aliphatic rings. The molecular weight excluding hydrogens is 228 g/mol. The molecule has 0 unspecified atom stereocenters. The summed E-state index contributed by atoms with van der Waals surface area (Å²) in [5.74, 6) is -0.372. The van der Waals surface area contributed by atoms with Crippen molar-refractivity contribution in [3.63, 3.8) is 0 Å². The Hall–Kier alpha value is -2.16. The van der Waals surface area contributed by atoms with Gasteiger partial charge in [-0.05, 0) is 29.8 Å². The highest BCUT2D eigenvalue weighted by molar-refractivity contribution is 5.95. The van der Waals surface area contributed by atoms with Crippen molar-refractivity contribution >= 4 is 22.5 Å². The summed E-state index contributed by atoms with van der Waals surface area (Å²) in [5.41, 5.74) is 0.511. The monoisotopic (exact) mass is 242 g/mol. The molecule has 3 nitrogen and oxygen atoms in total. The Morgan fingerprint density at radius 1 is 1.06 bits per heavy atom. The second kappa shape index (κ2) is 5.45. The van der Waals surface area contributed by atoms with Crippen LogP contribution in [0.3, 0.4) is 0 Å². The summed E-state index contributed by atoms with van der Waals surface area (Å²) in [6.07, 6.45) is 0.263. The quantitative estimate of drug-likeness (QED) is 0.774. The lowest BCUT2D eigenvalue weighted by molar-refractivity contribution is -0.117. The predicted molar refractivity (Wildman–Crippen MR) is 69.5 cm³/mol. The Morgan fingerprint density at radius 3 is 2.50 bits per heavy atom. The van der Waals surface area contributed by atoms with Gasteiger partial charge in [0.25, 0.3) is 0 Å². The van der Waals surface area contributed by atoms with Crippen LogP contribution < -0.4 is 0 Å². The molecule has 0 saturated heterocycles. The molecule has 92 valence electrons. The van der Waals surface area contributed by atoms with Gasteiger partial charge in [-0.3, -0.25) is 4.79 Å². The number of hydrogen-bond donors (Lipinski definition) is 0. The predicted octanol–water partition coefficient (Wildman–Crippen LogP) is 2.98. The fraction of sp³-hybridized carbons (Fsp3) is 0.200. The Bertz CT molecular complexity index is 587. The molecule has 18 heavy (non-hydrogen) atoms. The van der Waals surface area contributed by atoms with Crippen LogP contribution in [0, 0.1) is 0 Å². The van der Waals surface area contributed by atoms with Crippen molar-refractivity contribution in [2.45, 2.75) is 13.3 Å². The number of carbonyl (C=O) groups is 2. The number of Topliss-reactive ketones (excluding diaryl/α,β-unsaturated/α-hetero) is 1. The van der Waals surface area contributed by atoms with E-state index in [9.17, 15) is 9.59 Å². The Balaban J connectivity index is 2.10. The smallest absolute Gasteiger partial charge is 0.338 e. The summed E-state index contributed by atoms with van der Waals surface area (Å²) < 4.78 is 5.03. The van der Waals surface area contributed by atoms with Crippen molar-refractivity contribution in [1.29, 1.82) is 0 Å². The van der Waals surface area contributed by atoms with Crippen LogP contribution in [0.1, 0.15) is 23.7 Å². The summed E-state index contributed by atoms with van der Waals surface area (Å²) in [7, 11) is 0. The second-order valence-electron chi connectivity index (χ2n) is 4.15. The first-order valence-corrected chi connectivity index (χ1v) is 5.82. The van der Waals surface area contributed by atoms with Gasteiger partial charge >= 0.3 is 5.97 Å². The minimum Gasteiger partial charge on any atom is -0.462 e. The van der Waals surface area contributed by atoms with Gasteiger partial charge in [0.1, 0.15) is 5.78 Å². The molecule has 0 fully saturated rings. The zero-order valence-corrected chi connectivity index (χ0v) is 10.2. The number of rotatable bonds is 4. The molecule has 3 heteroatoms. The molecule has 0 aliphatic carbocycles. The van der Waals surface area contributed by atoms with Crippen molar-refractivity contribution < 1.29 is 14.3 Å². The number of carbonyl (C=O) groups excluding carboxylic acids is 2. The Labute approximate surface area is 105 Å². The molecule has 0 N–H and O–H groups in total. The van der Waals surface area contributed by atoms with Gasteiger partial charge in [-0.1, -0.05) is 30.3 Å². The van der Waals surface area contributed by atoms with Gasteiger partial charge in [0.05, 0.1) is 12.2 Å². The number of fused-ring (bicyclic) bond motifs is 1. The van der Waals surface area contributed by atoms with E-state index in [0.29, 0.717) is 5.56 Å². The Morgan fingerprint density at radius 2 is 1.78 bits per heavy atom. The van der Waals surface area contributed by atoms with Crippen LogP contribution in [0.4, 0.5) is 0 Å². The van der Waals surface area contributed by atoms with Crippen molar-refractivity contribution in [1.82, 2.24) is 0 Å². The van der Waals surface area contributed by atoms with Gasteiger partial charge in [-0.2, -0.15) is 0 Å². The molecule has 0 aliphatic heterocycles. The summed E-state index contributed by atoms with van der Waals surface area (Å²) >= 11 is 0.